The predicted molar refractivity (Wildman–Crippen MR) is 123 cm³/mol. The average Bonchev–Trinajstić information content (AvgIpc) is 3.33. The molecule has 0 spiro atoms. The van der Waals surface area contributed by atoms with E-state index in [1.165, 1.54) is 13.3 Å². The number of hydrogen-bond acceptors (Lipinski definition) is 6. The molecule has 182 valence electrons. The number of halogens is 3. The molecule has 1 fully saturated rings. The Hall–Kier alpha value is -4.15. The molecular formula is C24H22F3N5O3. The van der Waals surface area contributed by atoms with Crippen LogP contribution in [0.3, 0.4) is 0 Å². The number of carbonyl (C=O) groups is 2. The van der Waals surface area contributed by atoms with E-state index < -0.39 is 23.6 Å². The summed E-state index contributed by atoms with van der Waals surface area (Å²) in [4.78, 5) is 33.9. The van der Waals surface area contributed by atoms with Crippen LogP contribution in [0, 0.1) is 0 Å². The van der Waals surface area contributed by atoms with Crippen LogP contribution in [0.15, 0.2) is 55.0 Å². The van der Waals surface area contributed by atoms with E-state index in [-0.39, 0.29) is 22.9 Å². The van der Waals surface area contributed by atoms with Gasteiger partial charge in [0, 0.05) is 42.7 Å². The van der Waals surface area contributed by atoms with Gasteiger partial charge < -0.3 is 20.7 Å². The third-order valence-electron chi connectivity index (χ3n) is 5.80. The van der Waals surface area contributed by atoms with E-state index in [1.807, 2.05) is 0 Å². The van der Waals surface area contributed by atoms with Gasteiger partial charge in [0.2, 0.25) is 0 Å². The predicted octanol–water partition coefficient (Wildman–Crippen LogP) is 3.85. The van der Waals surface area contributed by atoms with Crippen LogP contribution in [0.4, 0.5) is 24.5 Å². The molecule has 1 atom stereocenters. The molecule has 11 heteroatoms. The molecule has 1 aliphatic heterocycles. The van der Waals surface area contributed by atoms with Crippen LogP contribution in [-0.4, -0.2) is 42.0 Å². The van der Waals surface area contributed by atoms with Gasteiger partial charge in [0.15, 0.2) is 0 Å². The van der Waals surface area contributed by atoms with Gasteiger partial charge in [-0.1, -0.05) is 0 Å². The van der Waals surface area contributed by atoms with Crippen LogP contribution in [-0.2, 0) is 6.18 Å². The Balaban J connectivity index is 1.54. The number of nitrogens with two attached hydrogens (primary N) is 1. The highest BCUT2D eigenvalue weighted by Crippen LogP contribution is 2.36. The SMILES string of the molecule is COc1ccc(C(=O)Nc2cncc(C(F)(F)F)c2)cc1[C@@H]1CCN(c2ccnc(C(N)=O)c2)C1. The van der Waals surface area contributed by atoms with Crippen molar-refractivity contribution in [2.75, 3.05) is 30.4 Å². The first kappa shape index (κ1) is 24.0. The van der Waals surface area contributed by atoms with Crippen LogP contribution >= 0.6 is 0 Å². The second-order valence-corrected chi connectivity index (χ2v) is 8.07. The summed E-state index contributed by atoms with van der Waals surface area (Å²) < 4.78 is 44.4. The number of pyridine rings is 2. The smallest absolute Gasteiger partial charge is 0.417 e. The van der Waals surface area contributed by atoms with E-state index in [1.54, 1.807) is 30.3 Å². The molecule has 1 aromatic carbocycles. The first-order chi connectivity index (χ1) is 16.7. The number of aromatic nitrogens is 2. The summed E-state index contributed by atoms with van der Waals surface area (Å²) >= 11 is 0. The van der Waals surface area contributed by atoms with Gasteiger partial charge in [0.1, 0.15) is 11.4 Å². The third-order valence-corrected chi connectivity index (χ3v) is 5.80. The summed E-state index contributed by atoms with van der Waals surface area (Å²) in [5, 5.41) is 2.47. The highest BCUT2D eigenvalue weighted by Gasteiger charge is 2.31. The molecule has 0 unspecified atom stereocenters. The molecule has 8 nitrogen and oxygen atoms in total. The molecule has 2 aromatic heterocycles. The highest BCUT2D eigenvalue weighted by atomic mass is 19.4. The normalized spacial score (nSPS) is 15.7. The Bertz CT molecular complexity index is 1270. The maximum absolute atomic E-state index is 13.0. The molecule has 0 saturated carbocycles. The molecule has 35 heavy (non-hydrogen) atoms. The minimum Gasteiger partial charge on any atom is -0.496 e. The number of nitrogens with one attached hydrogen (secondary N) is 1. The number of methoxy groups -OCH3 is 1. The molecule has 3 aromatic rings. The van der Waals surface area contributed by atoms with Gasteiger partial charge in [0.25, 0.3) is 11.8 Å². The van der Waals surface area contributed by atoms with Crippen molar-refractivity contribution in [1.29, 1.82) is 0 Å². The van der Waals surface area contributed by atoms with Gasteiger partial charge in [-0.25, -0.2) is 0 Å². The molecule has 3 heterocycles. The second kappa shape index (κ2) is 9.61. The molecular weight excluding hydrogens is 463 g/mol. The number of anilines is 2. The van der Waals surface area contributed by atoms with Crippen molar-refractivity contribution in [2.45, 2.75) is 18.5 Å². The van der Waals surface area contributed by atoms with E-state index in [0.717, 1.165) is 29.9 Å². The van der Waals surface area contributed by atoms with Crippen molar-refractivity contribution in [2.24, 2.45) is 5.73 Å². The van der Waals surface area contributed by atoms with E-state index in [0.29, 0.717) is 25.0 Å². The number of primary amides is 1. The molecule has 4 rings (SSSR count). The van der Waals surface area contributed by atoms with Gasteiger partial charge in [-0.2, -0.15) is 13.2 Å². The fourth-order valence-corrected chi connectivity index (χ4v) is 4.06. The Labute approximate surface area is 198 Å². The number of hydrogen-bond donors (Lipinski definition) is 2. The first-order valence-corrected chi connectivity index (χ1v) is 10.7. The topological polar surface area (TPSA) is 110 Å². The molecule has 3 N–H and O–H groups in total. The summed E-state index contributed by atoms with van der Waals surface area (Å²) in [5.74, 6) is -0.566. The summed E-state index contributed by atoms with van der Waals surface area (Å²) in [7, 11) is 1.53. The van der Waals surface area contributed by atoms with E-state index in [2.05, 4.69) is 20.2 Å². The summed E-state index contributed by atoms with van der Waals surface area (Å²) in [6, 6.07) is 9.15. The van der Waals surface area contributed by atoms with Gasteiger partial charge in [0.05, 0.1) is 24.6 Å². The van der Waals surface area contributed by atoms with Crippen molar-refractivity contribution in [3.05, 3.63) is 77.4 Å². The standard InChI is InChI=1S/C24H22F3N5O3/c1-35-21-3-2-14(23(34)31-17-9-16(11-29-12-17)24(25,26)27)8-19(21)15-5-7-32(13-15)18-4-6-30-20(10-18)22(28)33/h2-4,6,8-12,15H,5,7,13H2,1H3,(H2,28,33)(H,31,34)/t15-/m1/s1. The molecule has 0 bridgehead atoms. The molecule has 1 aliphatic rings. The van der Waals surface area contributed by atoms with Gasteiger partial charge >= 0.3 is 6.18 Å². The van der Waals surface area contributed by atoms with Crippen LogP contribution in [0.25, 0.3) is 0 Å². The number of amides is 2. The van der Waals surface area contributed by atoms with Crippen molar-refractivity contribution < 1.29 is 27.5 Å². The largest absolute Gasteiger partial charge is 0.496 e. The number of benzene rings is 1. The zero-order valence-electron chi connectivity index (χ0n) is 18.7. The van der Waals surface area contributed by atoms with Crippen molar-refractivity contribution in [1.82, 2.24) is 9.97 Å². The number of alkyl halides is 3. The lowest BCUT2D eigenvalue weighted by atomic mass is 9.95. The molecule has 1 saturated heterocycles. The Morgan fingerprint density at radius 2 is 1.97 bits per heavy atom. The minimum absolute atomic E-state index is 0.0121. The molecule has 0 radical (unpaired) electrons. The van der Waals surface area contributed by atoms with E-state index >= 15 is 0 Å². The zero-order chi connectivity index (χ0) is 25.2. The lowest BCUT2D eigenvalue weighted by Gasteiger charge is -2.20. The number of ether oxygens (including phenoxy) is 1. The fourth-order valence-electron chi connectivity index (χ4n) is 4.06. The van der Waals surface area contributed by atoms with Crippen LogP contribution in [0.5, 0.6) is 5.75 Å². The lowest BCUT2D eigenvalue weighted by molar-refractivity contribution is -0.137. The Morgan fingerprint density at radius 1 is 1.17 bits per heavy atom. The monoisotopic (exact) mass is 485 g/mol. The lowest BCUT2D eigenvalue weighted by Crippen LogP contribution is -2.21. The number of rotatable bonds is 6. The molecule has 0 aliphatic carbocycles. The number of nitrogens with zero attached hydrogens (tertiary/aromatic N) is 3. The summed E-state index contributed by atoms with van der Waals surface area (Å²) in [6.07, 6.45) is -0.434. The van der Waals surface area contributed by atoms with Gasteiger partial charge in [-0.05, 0) is 48.4 Å². The van der Waals surface area contributed by atoms with Gasteiger partial charge in [-0.3, -0.25) is 19.6 Å². The highest BCUT2D eigenvalue weighted by molar-refractivity contribution is 6.04. The van der Waals surface area contributed by atoms with Crippen molar-refractivity contribution in [3.8, 4) is 5.75 Å². The minimum atomic E-state index is -4.57. The maximum Gasteiger partial charge on any atom is 0.417 e. The van der Waals surface area contributed by atoms with Crippen molar-refractivity contribution >= 4 is 23.2 Å². The second-order valence-electron chi connectivity index (χ2n) is 8.07. The average molecular weight is 485 g/mol. The fraction of sp³-hybridized carbons (Fsp3) is 0.250. The molecule has 2 amide bonds. The quantitative estimate of drug-likeness (QED) is 0.549. The Morgan fingerprint density at radius 3 is 2.69 bits per heavy atom. The van der Waals surface area contributed by atoms with E-state index in [4.69, 9.17) is 10.5 Å². The van der Waals surface area contributed by atoms with Crippen LogP contribution in [0.1, 0.15) is 44.3 Å². The van der Waals surface area contributed by atoms with Gasteiger partial charge in [-0.15, -0.1) is 0 Å². The summed E-state index contributed by atoms with van der Waals surface area (Å²) in [6.45, 7) is 1.30. The van der Waals surface area contributed by atoms with Crippen LogP contribution < -0.4 is 20.7 Å². The first-order valence-electron chi connectivity index (χ1n) is 10.7. The van der Waals surface area contributed by atoms with Crippen molar-refractivity contribution in [3.63, 3.8) is 0 Å². The third kappa shape index (κ3) is 5.34. The van der Waals surface area contributed by atoms with Crippen LogP contribution in [0.2, 0.25) is 0 Å². The van der Waals surface area contributed by atoms with E-state index in [9.17, 15) is 22.8 Å². The summed E-state index contributed by atoms with van der Waals surface area (Å²) in [5.41, 5.74) is 6.38. The zero-order valence-corrected chi connectivity index (χ0v) is 18.7. The Kier molecular flexibility index (Phi) is 6.59. The maximum atomic E-state index is 13.0. The number of carbonyl (C=O) groups excluding carboxylic acids is 2.